The van der Waals surface area contributed by atoms with Gasteiger partial charge in [-0.15, -0.1) is 0 Å². The predicted octanol–water partition coefficient (Wildman–Crippen LogP) is 4.01. The highest BCUT2D eigenvalue weighted by atomic mass is 35.5. The number of nitrogens with zero attached hydrogens (tertiary/aromatic N) is 2. The Morgan fingerprint density at radius 1 is 1.27 bits per heavy atom. The zero-order valence-corrected chi connectivity index (χ0v) is 13.4. The van der Waals surface area contributed by atoms with Crippen LogP contribution in [0.2, 0.25) is 5.02 Å². The highest BCUT2D eigenvalue weighted by Gasteiger charge is 2.28. The normalized spacial score (nSPS) is 17.7. The Balaban J connectivity index is 1.84. The number of pyridine rings is 1. The van der Waals surface area contributed by atoms with Gasteiger partial charge in [0.2, 0.25) is 5.91 Å². The van der Waals surface area contributed by atoms with Crippen molar-refractivity contribution >= 4 is 17.5 Å². The molecule has 0 saturated carbocycles. The van der Waals surface area contributed by atoms with Crippen LogP contribution in [0.3, 0.4) is 0 Å². The van der Waals surface area contributed by atoms with Crippen molar-refractivity contribution in [3.63, 3.8) is 0 Å². The molecule has 1 amide bonds. The van der Waals surface area contributed by atoms with Crippen LogP contribution in [-0.4, -0.2) is 22.3 Å². The first kappa shape index (κ1) is 15.0. The molecule has 0 N–H and O–H groups in total. The molecule has 1 aromatic carbocycles. The minimum Gasteiger partial charge on any atom is -0.334 e. The lowest BCUT2D eigenvalue weighted by Crippen LogP contribution is -2.28. The van der Waals surface area contributed by atoms with Gasteiger partial charge in [0.25, 0.3) is 0 Å². The highest BCUT2D eigenvalue weighted by Crippen LogP contribution is 2.31. The van der Waals surface area contributed by atoms with E-state index in [2.05, 4.69) is 0 Å². The molecule has 1 saturated heterocycles. The average molecular weight is 315 g/mol. The van der Waals surface area contributed by atoms with E-state index in [1.807, 2.05) is 47.4 Å². The van der Waals surface area contributed by atoms with Crippen LogP contribution in [0.15, 0.2) is 42.5 Å². The van der Waals surface area contributed by atoms with Crippen LogP contribution >= 0.6 is 11.6 Å². The lowest BCUT2D eigenvalue weighted by molar-refractivity contribution is -0.129. The van der Waals surface area contributed by atoms with Crippen LogP contribution in [0.1, 0.15) is 42.8 Å². The third-order valence-corrected chi connectivity index (χ3v) is 4.53. The van der Waals surface area contributed by atoms with Gasteiger partial charge in [0.05, 0.1) is 11.7 Å². The molecule has 0 unspecified atom stereocenters. The summed E-state index contributed by atoms with van der Waals surface area (Å²) in [6.07, 6.45) is 2.74. The molecule has 0 radical (unpaired) electrons. The molecule has 1 aliphatic heterocycles. The van der Waals surface area contributed by atoms with E-state index in [0.29, 0.717) is 6.42 Å². The van der Waals surface area contributed by atoms with Crippen LogP contribution in [0, 0.1) is 0 Å². The molecule has 4 heteroatoms. The van der Waals surface area contributed by atoms with Crippen molar-refractivity contribution in [1.82, 2.24) is 9.88 Å². The van der Waals surface area contributed by atoms with Crippen molar-refractivity contribution in [2.45, 2.75) is 32.2 Å². The van der Waals surface area contributed by atoms with Gasteiger partial charge in [-0.2, -0.15) is 0 Å². The van der Waals surface area contributed by atoms with Crippen LogP contribution in [-0.2, 0) is 11.2 Å². The molecule has 1 fully saturated rings. The molecule has 1 aromatic heterocycles. The van der Waals surface area contributed by atoms with Gasteiger partial charge in [-0.1, -0.05) is 35.9 Å². The minimum atomic E-state index is 0.115. The predicted molar refractivity (Wildman–Crippen MR) is 87.9 cm³/mol. The summed E-state index contributed by atoms with van der Waals surface area (Å²) in [7, 11) is 0. The second-order valence-electron chi connectivity index (χ2n) is 5.69. The number of aromatic nitrogens is 1. The number of amides is 1. The van der Waals surface area contributed by atoms with E-state index in [0.717, 1.165) is 41.4 Å². The topological polar surface area (TPSA) is 33.2 Å². The molecule has 1 aliphatic rings. The number of hydrogen-bond donors (Lipinski definition) is 0. The SMILES string of the molecule is CC(=O)N1CCC[C@H]1c1cccc(Cc2ccccc2Cl)n1. The number of hydrogen-bond acceptors (Lipinski definition) is 2. The van der Waals surface area contributed by atoms with Gasteiger partial charge in [0, 0.05) is 30.6 Å². The van der Waals surface area contributed by atoms with E-state index in [4.69, 9.17) is 16.6 Å². The first-order valence-electron chi connectivity index (χ1n) is 7.61. The average Bonchev–Trinajstić information content (AvgIpc) is 3.00. The Bertz CT molecular complexity index is 686. The monoisotopic (exact) mass is 314 g/mol. The van der Waals surface area contributed by atoms with Crippen LogP contribution in [0.25, 0.3) is 0 Å². The summed E-state index contributed by atoms with van der Waals surface area (Å²) in [6, 6.07) is 14.0. The Kier molecular flexibility index (Phi) is 4.44. The lowest BCUT2D eigenvalue weighted by Gasteiger charge is -2.23. The van der Waals surface area contributed by atoms with Gasteiger partial charge in [-0.05, 0) is 36.6 Å². The fraction of sp³-hybridized carbons (Fsp3) is 0.333. The van der Waals surface area contributed by atoms with Crippen molar-refractivity contribution in [3.05, 3.63) is 64.4 Å². The van der Waals surface area contributed by atoms with Crippen molar-refractivity contribution in [2.75, 3.05) is 6.54 Å². The largest absolute Gasteiger partial charge is 0.334 e. The molecular formula is C18H19ClN2O. The maximum Gasteiger partial charge on any atom is 0.220 e. The minimum absolute atomic E-state index is 0.115. The van der Waals surface area contributed by atoms with Crippen LogP contribution < -0.4 is 0 Å². The maximum atomic E-state index is 11.7. The number of likely N-dealkylation sites (tertiary alicyclic amines) is 1. The van der Waals surface area contributed by atoms with Crippen molar-refractivity contribution < 1.29 is 4.79 Å². The maximum absolute atomic E-state index is 11.7. The van der Waals surface area contributed by atoms with Crippen molar-refractivity contribution in [2.24, 2.45) is 0 Å². The highest BCUT2D eigenvalue weighted by molar-refractivity contribution is 6.31. The number of carbonyl (C=O) groups is 1. The lowest BCUT2D eigenvalue weighted by atomic mass is 10.1. The fourth-order valence-electron chi connectivity index (χ4n) is 3.07. The molecule has 0 aliphatic carbocycles. The van der Waals surface area contributed by atoms with Crippen molar-refractivity contribution in [3.8, 4) is 0 Å². The number of carbonyl (C=O) groups excluding carboxylic acids is 1. The Morgan fingerprint density at radius 2 is 2.09 bits per heavy atom. The van der Waals surface area contributed by atoms with Gasteiger partial charge in [0.15, 0.2) is 0 Å². The third-order valence-electron chi connectivity index (χ3n) is 4.16. The third kappa shape index (κ3) is 3.14. The second-order valence-corrected chi connectivity index (χ2v) is 6.10. The van der Waals surface area contributed by atoms with Crippen LogP contribution in [0.4, 0.5) is 0 Å². The molecule has 2 aromatic rings. The van der Waals surface area contributed by atoms with Gasteiger partial charge in [0.1, 0.15) is 0 Å². The molecule has 0 spiro atoms. The van der Waals surface area contributed by atoms with E-state index in [9.17, 15) is 4.79 Å². The number of rotatable bonds is 3. The zero-order chi connectivity index (χ0) is 15.5. The molecule has 1 atom stereocenters. The smallest absolute Gasteiger partial charge is 0.220 e. The summed E-state index contributed by atoms with van der Waals surface area (Å²) in [5, 5.41) is 0.765. The Labute approximate surface area is 135 Å². The van der Waals surface area contributed by atoms with E-state index >= 15 is 0 Å². The molecule has 22 heavy (non-hydrogen) atoms. The summed E-state index contributed by atoms with van der Waals surface area (Å²) < 4.78 is 0. The van der Waals surface area contributed by atoms with E-state index in [-0.39, 0.29) is 11.9 Å². The summed E-state index contributed by atoms with van der Waals surface area (Å²) >= 11 is 6.23. The summed E-state index contributed by atoms with van der Waals surface area (Å²) in [6.45, 7) is 2.46. The zero-order valence-electron chi connectivity index (χ0n) is 12.6. The standard InChI is InChI=1S/C18H19ClN2O/c1-13(22)21-11-5-10-18(21)17-9-4-7-15(20-17)12-14-6-2-3-8-16(14)19/h2-4,6-9,18H,5,10-12H2,1H3/t18-/m0/s1. The molecular weight excluding hydrogens is 296 g/mol. The molecule has 114 valence electrons. The van der Waals surface area contributed by atoms with Gasteiger partial charge in [-0.25, -0.2) is 0 Å². The number of halogens is 1. The first-order valence-corrected chi connectivity index (χ1v) is 7.99. The van der Waals surface area contributed by atoms with E-state index < -0.39 is 0 Å². The van der Waals surface area contributed by atoms with E-state index in [1.165, 1.54) is 0 Å². The Morgan fingerprint density at radius 3 is 2.86 bits per heavy atom. The van der Waals surface area contributed by atoms with E-state index in [1.54, 1.807) is 6.92 Å². The number of benzene rings is 1. The van der Waals surface area contributed by atoms with Gasteiger partial charge < -0.3 is 4.90 Å². The van der Waals surface area contributed by atoms with Crippen LogP contribution in [0.5, 0.6) is 0 Å². The Hall–Kier alpha value is -1.87. The summed E-state index contributed by atoms with van der Waals surface area (Å²) in [5.41, 5.74) is 3.04. The summed E-state index contributed by atoms with van der Waals surface area (Å²) in [5.74, 6) is 0.126. The first-order chi connectivity index (χ1) is 10.6. The molecule has 3 rings (SSSR count). The quantitative estimate of drug-likeness (QED) is 0.857. The summed E-state index contributed by atoms with van der Waals surface area (Å²) in [4.78, 5) is 18.4. The second kappa shape index (κ2) is 6.49. The fourth-order valence-corrected chi connectivity index (χ4v) is 3.27. The molecule has 0 bridgehead atoms. The van der Waals surface area contributed by atoms with Gasteiger partial charge in [-0.3, -0.25) is 9.78 Å². The molecule has 3 nitrogen and oxygen atoms in total. The van der Waals surface area contributed by atoms with Gasteiger partial charge >= 0.3 is 0 Å². The molecule has 2 heterocycles. The van der Waals surface area contributed by atoms with Crippen molar-refractivity contribution in [1.29, 1.82) is 0 Å².